The average molecular weight is 389 g/mol. The van der Waals surface area contributed by atoms with Crippen LogP contribution in [0.3, 0.4) is 0 Å². The smallest absolute Gasteiger partial charge is 0.0986 e. The van der Waals surface area contributed by atoms with Gasteiger partial charge in [0.1, 0.15) is 0 Å². The maximum Gasteiger partial charge on any atom is 0.0986 e. The lowest BCUT2D eigenvalue weighted by Crippen LogP contribution is -2.63. The molecule has 148 valence electrons. The van der Waals surface area contributed by atoms with Crippen LogP contribution in [-0.2, 0) is 5.60 Å². The lowest BCUT2D eigenvalue weighted by molar-refractivity contribution is -0.218. The van der Waals surface area contributed by atoms with Crippen molar-refractivity contribution in [1.29, 1.82) is 0 Å². The molecule has 1 heterocycles. The first-order chi connectivity index (χ1) is 12.7. The average Bonchev–Trinajstić information content (AvgIpc) is 3.24. The summed E-state index contributed by atoms with van der Waals surface area (Å²) < 4.78 is 0. The van der Waals surface area contributed by atoms with E-state index in [-0.39, 0.29) is 17.4 Å². The molecule has 1 aromatic rings. The Hall–Kier alpha value is -0.680. The van der Waals surface area contributed by atoms with E-state index in [9.17, 15) is 15.3 Å². The van der Waals surface area contributed by atoms with Gasteiger partial charge in [-0.25, -0.2) is 0 Å². The third-order valence-corrected chi connectivity index (χ3v) is 10.1. The SMILES string of the molecule is C[C@]12CC[C@H]3[C@@H](CC=C4C[C@@H](O)CC[C@@]43C)[C@@]1(O)CC[C@]2(O)c1ccsc1. The van der Waals surface area contributed by atoms with E-state index in [1.807, 2.05) is 11.4 Å². The molecule has 3 saturated carbocycles. The molecule has 0 saturated heterocycles. The molecule has 1 aromatic heterocycles. The third kappa shape index (κ3) is 2.13. The standard InChI is InChI=1S/C23H32O3S/c1-20-8-5-17(24)13-15(20)3-4-19-18(20)6-9-21(2)22(25,10-11-23(19,21)26)16-7-12-27-14-16/h3,7,12,14,17-19,24-26H,4-6,8-11,13H2,1-2H3/t17-,18-,19+,20-,21+,22-,23-/m0/s1. The van der Waals surface area contributed by atoms with E-state index in [4.69, 9.17) is 0 Å². The third-order valence-electron chi connectivity index (χ3n) is 9.41. The van der Waals surface area contributed by atoms with Crippen molar-refractivity contribution in [3.63, 3.8) is 0 Å². The normalized spacial score (nSPS) is 51.9. The molecule has 7 atom stereocenters. The van der Waals surface area contributed by atoms with Crippen LogP contribution in [0.2, 0.25) is 0 Å². The molecule has 3 N–H and O–H groups in total. The quantitative estimate of drug-likeness (QED) is 0.626. The monoisotopic (exact) mass is 388 g/mol. The Morgan fingerprint density at radius 1 is 1.04 bits per heavy atom. The van der Waals surface area contributed by atoms with E-state index >= 15 is 0 Å². The van der Waals surface area contributed by atoms with Crippen LogP contribution < -0.4 is 0 Å². The van der Waals surface area contributed by atoms with Gasteiger partial charge in [-0.15, -0.1) is 0 Å². The van der Waals surface area contributed by atoms with Crippen molar-refractivity contribution in [3.05, 3.63) is 34.0 Å². The van der Waals surface area contributed by atoms with Gasteiger partial charge in [-0.2, -0.15) is 11.3 Å². The lowest BCUT2D eigenvalue weighted by atomic mass is 9.45. The number of thiophene rings is 1. The Balaban J connectivity index is 1.56. The molecular formula is C23H32O3S. The van der Waals surface area contributed by atoms with Crippen LogP contribution in [0.25, 0.3) is 0 Å². The predicted molar refractivity (Wildman–Crippen MR) is 107 cm³/mol. The van der Waals surface area contributed by atoms with E-state index in [1.54, 1.807) is 11.3 Å². The number of aliphatic hydroxyl groups excluding tert-OH is 1. The summed E-state index contributed by atoms with van der Waals surface area (Å²) in [6, 6.07) is 2.04. The summed E-state index contributed by atoms with van der Waals surface area (Å²) >= 11 is 1.62. The van der Waals surface area contributed by atoms with Crippen molar-refractivity contribution < 1.29 is 15.3 Å². The van der Waals surface area contributed by atoms with Crippen molar-refractivity contribution in [2.24, 2.45) is 22.7 Å². The Bertz CT molecular complexity index is 773. The Morgan fingerprint density at radius 3 is 2.59 bits per heavy atom. The van der Waals surface area contributed by atoms with Crippen molar-refractivity contribution in [1.82, 2.24) is 0 Å². The molecule has 4 aliphatic rings. The lowest BCUT2D eigenvalue weighted by Gasteiger charge is -2.62. The topological polar surface area (TPSA) is 60.7 Å². The first-order valence-corrected chi connectivity index (χ1v) is 11.5. The number of aliphatic hydroxyl groups is 3. The molecular weight excluding hydrogens is 356 g/mol. The zero-order valence-corrected chi connectivity index (χ0v) is 17.3. The van der Waals surface area contributed by atoms with Crippen LogP contribution in [0.1, 0.15) is 70.8 Å². The molecule has 3 nitrogen and oxygen atoms in total. The molecule has 0 aromatic carbocycles. The van der Waals surface area contributed by atoms with Crippen LogP contribution in [0, 0.1) is 22.7 Å². The molecule has 3 fully saturated rings. The summed E-state index contributed by atoms with van der Waals surface area (Å²) in [4.78, 5) is 0. The van der Waals surface area contributed by atoms with E-state index in [0.29, 0.717) is 18.8 Å². The fourth-order valence-electron chi connectivity index (χ4n) is 7.59. The zero-order valence-electron chi connectivity index (χ0n) is 16.4. The van der Waals surface area contributed by atoms with E-state index in [0.717, 1.165) is 44.1 Å². The van der Waals surface area contributed by atoms with E-state index < -0.39 is 16.6 Å². The molecule has 5 rings (SSSR count). The minimum absolute atomic E-state index is 0.0995. The largest absolute Gasteiger partial charge is 0.393 e. The summed E-state index contributed by atoms with van der Waals surface area (Å²) in [5, 5.41) is 38.2. The van der Waals surface area contributed by atoms with Gasteiger partial charge in [-0.05, 0) is 91.0 Å². The van der Waals surface area contributed by atoms with Gasteiger partial charge in [0, 0.05) is 5.41 Å². The maximum atomic E-state index is 12.1. The molecule has 4 aliphatic carbocycles. The van der Waals surface area contributed by atoms with Crippen molar-refractivity contribution in [3.8, 4) is 0 Å². The minimum Gasteiger partial charge on any atom is -0.393 e. The molecule has 0 radical (unpaired) electrons. The highest BCUT2D eigenvalue weighted by atomic mass is 32.1. The fourth-order valence-corrected chi connectivity index (χ4v) is 8.31. The van der Waals surface area contributed by atoms with E-state index in [1.165, 1.54) is 5.57 Å². The molecule has 0 amide bonds. The number of hydrogen-bond donors (Lipinski definition) is 3. The Labute approximate surface area is 166 Å². The van der Waals surface area contributed by atoms with Gasteiger partial charge in [-0.1, -0.05) is 25.5 Å². The van der Waals surface area contributed by atoms with Crippen LogP contribution in [-0.4, -0.2) is 27.0 Å². The number of allylic oxidation sites excluding steroid dienone is 1. The van der Waals surface area contributed by atoms with Gasteiger partial charge in [-0.3, -0.25) is 0 Å². The van der Waals surface area contributed by atoms with Gasteiger partial charge in [0.2, 0.25) is 0 Å². The van der Waals surface area contributed by atoms with E-state index in [2.05, 4.69) is 25.3 Å². The van der Waals surface area contributed by atoms with Gasteiger partial charge in [0.05, 0.1) is 17.3 Å². The number of hydrogen-bond acceptors (Lipinski definition) is 4. The highest BCUT2D eigenvalue weighted by Gasteiger charge is 2.71. The zero-order chi connectivity index (χ0) is 19.1. The number of fused-ring (bicyclic) bond motifs is 5. The Kier molecular flexibility index (Phi) is 3.87. The second kappa shape index (κ2) is 5.69. The van der Waals surface area contributed by atoms with Crippen LogP contribution in [0.4, 0.5) is 0 Å². The van der Waals surface area contributed by atoms with Crippen molar-refractivity contribution in [2.45, 2.75) is 82.5 Å². The highest BCUT2D eigenvalue weighted by Crippen LogP contribution is 2.70. The molecule has 4 heteroatoms. The second-order valence-corrected chi connectivity index (χ2v) is 10.9. The van der Waals surface area contributed by atoms with Gasteiger partial charge in [0.25, 0.3) is 0 Å². The second-order valence-electron chi connectivity index (χ2n) is 10.2. The molecule has 0 unspecified atom stereocenters. The van der Waals surface area contributed by atoms with Crippen LogP contribution in [0.5, 0.6) is 0 Å². The van der Waals surface area contributed by atoms with Gasteiger partial charge >= 0.3 is 0 Å². The predicted octanol–water partition coefficient (Wildman–Crippen LogP) is 4.37. The summed E-state index contributed by atoms with van der Waals surface area (Å²) in [6.07, 6.45) is 8.94. The minimum atomic E-state index is -0.930. The van der Waals surface area contributed by atoms with Crippen LogP contribution in [0.15, 0.2) is 28.5 Å². The fraction of sp³-hybridized carbons (Fsp3) is 0.739. The van der Waals surface area contributed by atoms with Crippen molar-refractivity contribution >= 4 is 11.3 Å². The first-order valence-electron chi connectivity index (χ1n) is 10.6. The summed E-state index contributed by atoms with van der Waals surface area (Å²) in [7, 11) is 0. The molecule has 0 spiro atoms. The Morgan fingerprint density at radius 2 is 1.85 bits per heavy atom. The highest BCUT2D eigenvalue weighted by molar-refractivity contribution is 7.08. The van der Waals surface area contributed by atoms with Gasteiger partial charge in [0.15, 0.2) is 0 Å². The first kappa shape index (κ1) is 18.4. The molecule has 0 aliphatic heterocycles. The summed E-state index contributed by atoms with van der Waals surface area (Å²) in [5.74, 6) is 0.654. The van der Waals surface area contributed by atoms with Crippen LogP contribution >= 0.6 is 11.3 Å². The number of rotatable bonds is 1. The summed E-state index contributed by atoms with van der Waals surface area (Å²) in [5.41, 5.74) is 0.248. The van der Waals surface area contributed by atoms with Crippen molar-refractivity contribution in [2.75, 3.05) is 0 Å². The summed E-state index contributed by atoms with van der Waals surface area (Å²) in [6.45, 7) is 4.51. The molecule has 0 bridgehead atoms. The van der Waals surface area contributed by atoms with Gasteiger partial charge < -0.3 is 15.3 Å². The maximum absolute atomic E-state index is 12.1. The molecule has 27 heavy (non-hydrogen) atoms.